The molecular weight excluding hydrogens is 434 g/mol. The molecule has 3 rings (SSSR count). The largest absolute Gasteiger partial charge is 0.504 e. The molecule has 2 aromatic carbocycles. The Kier molecular flexibility index (Phi) is 7.49. The quantitative estimate of drug-likeness (QED) is 0.361. The van der Waals surface area contributed by atoms with Crippen LogP contribution in [0.25, 0.3) is 0 Å². The third kappa shape index (κ3) is 5.68. The van der Waals surface area contributed by atoms with E-state index in [1.165, 1.54) is 6.07 Å². The smallest absolute Gasteiger partial charge is 0.217 e. The zero-order chi connectivity index (χ0) is 25.0. The number of hydrogen-bond acceptors (Lipinski definition) is 6. The van der Waals surface area contributed by atoms with Crippen molar-refractivity contribution in [2.24, 2.45) is 5.73 Å². The van der Waals surface area contributed by atoms with Crippen molar-refractivity contribution in [2.75, 3.05) is 19.8 Å². The third-order valence-corrected chi connectivity index (χ3v) is 5.68. The van der Waals surface area contributed by atoms with Gasteiger partial charge in [0.2, 0.25) is 5.91 Å². The van der Waals surface area contributed by atoms with Crippen molar-refractivity contribution in [1.29, 1.82) is 5.41 Å². The van der Waals surface area contributed by atoms with E-state index in [-0.39, 0.29) is 36.9 Å². The highest BCUT2D eigenvalue weighted by molar-refractivity contribution is 6.05. The Hall–Kier alpha value is -3.55. The lowest BCUT2D eigenvalue weighted by Crippen LogP contribution is -2.30. The Morgan fingerprint density at radius 2 is 1.91 bits per heavy atom. The minimum atomic E-state index is -0.433. The number of hydrogen-bond donors (Lipinski definition) is 3. The van der Waals surface area contributed by atoms with Crippen LogP contribution in [0.15, 0.2) is 30.3 Å². The summed E-state index contributed by atoms with van der Waals surface area (Å²) in [4.78, 5) is 26.0. The van der Waals surface area contributed by atoms with E-state index in [0.717, 1.165) is 16.9 Å². The van der Waals surface area contributed by atoms with Crippen LogP contribution >= 0.6 is 0 Å². The summed E-state index contributed by atoms with van der Waals surface area (Å²) < 4.78 is 11.3. The first kappa shape index (κ1) is 25.1. The summed E-state index contributed by atoms with van der Waals surface area (Å²) >= 11 is 0. The van der Waals surface area contributed by atoms with Gasteiger partial charge in [-0.25, -0.2) is 0 Å². The number of phenolic OH excluding ortho intramolecular Hbond substituents is 1. The third-order valence-electron chi connectivity index (χ3n) is 5.68. The van der Waals surface area contributed by atoms with Crippen LogP contribution in [0.5, 0.6) is 17.2 Å². The first-order valence-electron chi connectivity index (χ1n) is 11.4. The van der Waals surface area contributed by atoms with E-state index in [1.807, 2.05) is 45.9 Å². The van der Waals surface area contributed by atoms with Crippen molar-refractivity contribution in [3.8, 4) is 17.2 Å². The number of ketones is 1. The van der Waals surface area contributed by atoms with Crippen LogP contribution in [0.2, 0.25) is 0 Å². The van der Waals surface area contributed by atoms with Gasteiger partial charge in [0, 0.05) is 29.7 Å². The minimum Gasteiger partial charge on any atom is -0.504 e. The summed E-state index contributed by atoms with van der Waals surface area (Å²) in [5.74, 6) is 0.608. The van der Waals surface area contributed by atoms with Gasteiger partial charge >= 0.3 is 0 Å². The van der Waals surface area contributed by atoms with Crippen LogP contribution in [0, 0.1) is 5.41 Å². The normalized spacial score (nSPS) is 13.1. The van der Waals surface area contributed by atoms with Crippen LogP contribution in [0.1, 0.15) is 67.6 Å². The number of benzene rings is 2. The van der Waals surface area contributed by atoms with Gasteiger partial charge in [0.05, 0.1) is 19.8 Å². The number of nitrogens with one attached hydrogen (secondary N) is 1. The zero-order valence-electron chi connectivity index (χ0n) is 20.2. The molecule has 4 N–H and O–H groups in total. The van der Waals surface area contributed by atoms with Crippen LogP contribution in [-0.2, 0) is 16.8 Å². The summed E-state index contributed by atoms with van der Waals surface area (Å²) in [5, 5.41) is 19.3. The molecule has 2 aromatic rings. The number of carbonyl (C=O) groups is 2. The van der Waals surface area contributed by atoms with Gasteiger partial charge in [-0.3, -0.25) is 15.0 Å². The first-order chi connectivity index (χ1) is 16.0. The summed E-state index contributed by atoms with van der Waals surface area (Å²) in [7, 11) is 0. The number of carbonyl (C=O) groups excluding carboxylic acids is 2. The molecule has 0 saturated carbocycles. The van der Waals surface area contributed by atoms with Crippen LogP contribution in [0.3, 0.4) is 0 Å². The monoisotopic (exact) mass is 467 g/mol. The van der Waals surface area contributed by atoms with Crippen molar-refractivity contribution < 1.29 is 24.2 Å². The molecule has 182 valence electrons. The molecule has 1 aliphatic heterocycles. The van der Waals surface area contributed by atoms with Gasteiger partial charge in [-0.15, -0.1) is 0 Å². The Balaban J connectivity index is 1.81. The lowest BCUT2D eigenvalue weighted by Gasteiger charge is -2.24. The second kappa shape index (κ2) is 10.2. The van der Waals surface area contributed by atoms with Crippen LogP contribution in [-0.4, -0.2) is 47.3 Å². The predicted octanol–water partition coefficient (Wildman–Crippen LogP) is 3.76. The number of amides is 1. The number of primary amides is 1. The van der Waals surface area contributed by atoms with Crippen molar-refractivity contribution in [2.45, 2.75) is 52.5 Å². The molecule has 0 unspecified atom stereocenters. The summed E-state index contributed by atoms with van der Waals surface area (Å²) in [5.41, 5.74) is 7.46. The topological polar surface area (TPSA) is 126 Å². The molecule has 8 heteroatoms. The van der Waals surface area contributed by atoms with Gasteiger partial charge in [-0.05, 0) is 54.7 Å². The summed E-state index contributed by atoms with van der Waals surface area (Å²) in [6, 6.07) is 8.81. The Morgan fingerprint density at radius 3 is 2.56 bits per heavy atom. The fraction of sp³-hybridized carbons (Fsp3) is 0.423. The number of fused-ring (bicyclic) bond motifs is 1. The van der Waals surface area contributed by atoms with E-state index in [1.54, 1.807) is 11.0 Å². The number of amidine groups is 1. The minimum absolute atomic E-state index is 0.0205. The fourth-order valence-electron chi connectivity index (χ4n) is 3.92. The molecule has 0 fully saturated rings. The molecular formula is C26H33N3O5. The van der Waals surface area contributed by atoms with E-state index < -0.39 is 11.3 Å². The lowest BCUT2D eigenvalue weighted by molar-refractivity contribution is -0.118. The van der Waals surface area contributed by atoms with E-state index >= 15 is 0 Å². The van der Waals surface area contributed by atoms with Gasteiger partial charge in [-0.2, -0.15) is 0 Å². The summed E-state index contributed by atoms with van der Waals surface area (Å²) in [6.07, 6.45) is 0.582. The van der Waals surface area contributed by atoms with Crippen molar-refractivity contribution in [3.05, 3.63) is 52.6 Å². The molecule has 0 aliphatic carbocycles. The molecule has 0 atom stereocenters. The highest BCUT2D eigenvalue weighted by atomic mass is 16.5. The van der Waals surface area contributed by atoms with Crippen LogP contribution in [0.4, 0.5) is 0 Å². The van der Waals surface area contributed by atoms with Crippen molar-refractivity contribution >= 4 is 17.5 Å². The summed E-state index contributed by atoms with van der Waals surface area (Å²) in [6.45, 7) is 8.95. The number of ether oxygens (including phenoxy) is 2. The van der Waals surface area contributed by atoms with Crippen molar-refractivity contribution in [1.82, 2.24) is 4.90 Å². The first-order valence-corrected chi connectivity index (χ1v) is 11.4. The molecule has 0 saturated heterocycles. The van der Waals surface area contributed by atoms with Crippen LogP contribution < -0.4 is 15.2 Å². The van der Waals surface area contributed by atoms with Gasteiger partial charge in [-0.1, -0.05) is 20.8 Å². The average Bonchev–Trinajstić information content (AvgIpc) is 3.06. The Labute approximate surface area is 200 Å². The highest BCUT2D eigenvalue weighted by Gasteiger charge is 2.28. The van der Waals surface area contributed by atoms with Gasteiger partial charge < -0.3 is 25.2 Å². The number of nitrogens with two attached hydrogens (primary N) is 1. The zero-order valence-corrected chi connectivity index (χ0v) is 20.2. The average molecular weight is 468 g/mol. The second-order valence-corrected chi connectivity index (χ2v) is 9.42. The fourth-order valence-corrected chi connectivity index (χ4v) is 3.92. The molecule has 0 bridgehead atoms. The van der Waals surface area contributed by atoms with E-state index in [9.17, 15) is 14.7 Å². The molecule has 1 amide bonds. The maximum Gasteiger partial charge on any atom is 0.217 e. The van der Waals surface area contributed by atoms with Gasteiger partial charge in [0.25, 0.3) is 0 Å². The molecule has 0 aromatic heterocycles. The highest BCUT2D eigenvalue weighted by Crippen LogP contribution is 2.39. The molecule has 8 nitrogen and oxygen atoms in total. The Morgan fingerprint density at radius 1 is 1.18 bits per heavy atom. The number of nitrogens with zero attached hydrogens (tertiary/aromatic N) is 1. The molecule has 1 aliphatic rings. The number of rotatable bonds is 10. The maximum atomic E-state index is 13.3. The molecule has 1 heterocycles. The number of aromatic hydroxyl groups is 1. The maximum absolute atomic E-state index is 13.3. The molecule has 0 radical (unpaired) electrons. The van der Waals surface area contributed by atoms with Gasteiger partial charge in [0.15, 0.2) is 17.3 Å². The number of phenols is 1. The standard InChI is InChI=1S/C26H33N3O5/c1-5-33-18-8-9-19-17(11-18)14-29(25(19)28)15-21(30)16-12-20(26(2,3)4)24(32)22(13-16)34-10-6-7-23(27)31/h8-9,11-13,28,32H,5-7,10,14-15H2,1-4H3,(H2,27,31). The van der Waals surface area contributed by atoms with E-state index in [2.05, 4.69) is 0 Å². The number of Topliss-reactive ketones (excluding diaryl/α,β-unsaturated/α-hetero) is 1. The lowest BCUT2D eigenvalue weighted by atomic mass is 9.84. The molecule has 34 heavy (non-hydrogen) atoms. The molecule has 0 spiro atoms. The SMILES string of the molecule is CCOc1ccc2c(c1)CN(CC(=O)c1cc(OCCCC(N)=O)c(O)c(C(C)(C)C)c1)C2=N. The second-order valence-electron chi connectivity index (χ2n) is 9.42. The van der Waals surface area contributed by atoms with E-state index in [4.69, 9.17) is 20.6 Å². The predicted molar refractivity (Wildman–Crippen MR) is 130 cm³/mol. The van der Waals surface area contributed by atoms with Gasteiger partial charge in [0.1, 0.15) is 11.6 Å². The van der Waals surface area contributed by atoms with E-state index in [0.29, 0.717) is 36.5 Å². The Bertz CT molecular complexity index is 1100. The van der Waals surface area contributed by atoms with Crippen molar-refractivity contribution in [3.63, 3.8) is 0 Å².